The molecule has 3 aromatic rings. The van der Waals surface area contributed by atoms with E-state index in [4.69, 9.17) is 24.1 Å². The summed E-state index contributed by atoms with van der Waals surface area (Å²) in [5, 5.41) is 14.8. The second kappa shape index (κ2) is 8.46. The summed E-state index contributed by atoms with van der Waals surface area (Å²) in [5.74, 6) is 0.529. The van der Waals surface area contributed by atoms with Crippen molar-refractivity contribution >= 4 is 29.0 Å². The summed E-state index contributed by atoms with van der Waals surface area (Å²) in [6.45, 7) is 0.0894. The lowest BCUT2D eigenvalue weighted by Crippen LogP contribution is -2.26. The highest BCUT2D eigenvalue weighted by Gasteiger charge is 2.26. The van der Waals surface area contributed by atoms with Gasteiger partial charge in [0.25, 0.3) is 5.56 Å². The summed E-state index contributed by atoms with van der Waals surface area (Å²) in [4.78, 5) is 30.8. The minimum Gasteiger partial charge on any atom is -0.493 e. The lowest BCUT2D eigenvalue weighted by atomic mass is 10.2. The van der Waals surface area contributed by atoms with Crippen molar-refractivity contribution in [3.63, 3.8) is 0 Å². The number of hydrazone groups is 1. The fourth-order valence-electron chi connectivity index (χ4n) is 3.27. The van der Waals surface area contributed by atoms with E-state index in [1.165, 1.54) is 32.6 Å². The molecular weight excluding hydrogens is 420 g/mol. The van der Waals surface area contributed by atoms with Gasteiger partial charge in [-0.2, -0.15) is 5.10 Å². The van der Waals surface area contributed by atoms with Crippen LogP contribution in [0.1, 0.15) is 0 Å². The molecule has 166 valence electrons. The van der Waals surface area contributed by atoms with Gasteiger partial charge >= 0.3 is 5.97 Å². The minimum atomic E-state index is -0.993. The van der Waals surface area contributed by atoms with Gasteiger partial charge in [-0.15, -0.1) is 0 Å². The van der Waals surface area contributed by atoms with Crippen LogP contribution in [0.2, 0.25) is 0 Å². The predicted molar refractivity (Wildman–Crippen MR) is 115 cm³/mol. The van der Waals surface area contributed by atoms with Gasteiger partial charge in [-0.1, -0.05) is 0 Å². The first kappa shape index (κ1) is 21.0. The molecule has 1 aromatic heterocycles. The smallest absolute Gasteiger partial charge is 0.313 e. The van der Waals surface area contributed by atoms with Crippen LogP contribution in [0.25, 0.3) is 10.9 Å². The summed E-state index contributed by atoms with van der Waals surface area (Å²) >= 11 is 0. The number of carboxylic acids is 1. The van der Waals surface area contributed by atoms with E-state index in [0.29, 0.717) is 39.7 Å². The van der Waals surface area contributed by atoms with Crippen molar-refractivity contribution in [3.8, 4) is 28.7 Å². The van der Waals surface area contributed by atoms with Crippen LogP contribution < -0.4 is 29.5 Å². The van der Waals surface area contributed by atoms with Gasteiger partial charge in [0.05, 0.1) is 38.8 Å². The molecule has 0 saturated heterocycles. The molecule has 0 radical (unpaired) electrons. The minimum absolute atomic E-state index is 0.0894. The average molecular weight is 440 g/mol. The first-order chi connectivity index (χ1) is 15.4. The molecule has 11 nitrogen and oxygen atoms in total. The van der Waals surface area contributed by atoms with Crippen LogP contribution in [-0.4, -0.2) is 55.1 Å². The van der Waals surface area contributed by atoms with E-state index in [9.17, 15) is 9.59 Å². The number of fused-ring (bicyclic) bond motifs is 1. The molecule has 1 aliphatic rings. The van der Waals surface area contributed by atoms with Gasteiger partial charge in [-0.05, 0) is 18.2 Å². The molecule has 1 unspecified atom stereocenters. The molecule has 1 atom stereocenters. The summed E-state index contributed by atoms with van der Waals surface area (Å²) in [5.41, 5.74) is 0.00397. The number of hydrogen-bond donors (Lipinski definition) is 2. The Balaban J connectivity index is 1.64. The molecule has 2 aromatic carbocycles. The molecule has 0 spiro atoms. The van der Waals surface area contributed by atoms with Crippen molar-refractivity contribution in [2.24, 2.45) is 11.0 Å². The third-order valence-electron chi connectivity index (χ3n) is 4.86. The van der Waals surface area contributed by atoms with E-state index >= 15 is 0 Å². The number of benzene rings is 2. The van der Waals surface area contributed by atoms with Crippen LogP contribution in [0.3, 0.4) is 0 Å². The lowest BCUT2D eigenvalue weighted by molar-refractivity contribution is -0.138. The highest BCUT2D eigenvalue weighted by molar-refractivity contribution is 5.91. The molecule has 0 saturated carbocycles. The second-order valence-corrected chi connectivity index (χ2v) is 6.82. The number of methoxy groups -OCH3 is 3. The van der Waals surface area contributed by atoms with Crippen molar-refractivity contribution < 1.29 is 28.8 Å². The SMILES string of the molecule is COc1cc(Oc2ccc3nc(N4CC(C(=O)O)C=N4)[nH]c(=O)c3c2)cc(OC)c1OC. The summed E-state index contributed by atoms with van der Waals surface area (Å²) < 4.78 is 21.9. The van der Waals surface area contributed by atoms with Crippen LogP contribution >= 0.6 is 0 Å². The third-order valence-corrected chi connectivity index (χ3v) is 4.86. The summed E-state index contributed by atoms with van der Waals surface area (Å²) in [6.07, 6.45) is 1.31. The van der Waals surface area contributed by atoms with Gasteiger partial charge < -0.3 is 24.1 Å². The van der Waals surface area contributed by atoms with Gasteiger partial charge in [0, 0.05) is 18.3 Å². The number of H-pyrrole nitrogens is 1. The zero-order valence-electron chi connectivity index (χ0n) is 17.5. The normalized spacial score (nSPS) is 15.1. The number of aromatic nitrogens is 2. The number of carbonyl (C=O) groups is 1. The third kappa shape index (κ3) is 3.87. The Morgan fingerprint density at radius 1 is 1.09 bits per heavy atom. The standard InChI is InChI=1S/C21H20N4O7/c1-29-16-7-13(8-17(30-2)18(16)31-3)32-12-4-5-15-14(6-12)19(26)24-21(23-15)25-10-11(9-22-25)20(27)28/h4-9,11H,10H2,1-3H3,(H,27,28)(H,23,24,26). The lowest BCUT2D eigenvalue weighted by Gasteiger charge is -2.15. The molecule has 11 heteroatoms. The van der Waals surface area contributed by atoms with Gasteiger partial charge in [-0.3, -0.25) is 14.6 Å². The maximum atomic E-state index is 12.7. The van der Waals surface area contributed by atoms with Gasteiger partial charge in [0.15, 0.2) is 11.5 Å². The van der Waals surface area contributed by atoms with Crippen molar-refractivity contribution in [2.45, 2.75) is 0 Å². The number of anilines is 1. The van der Waals surface area contributed by atoms with E-state index in [1.807, 2.05) is 0 Å². The fraction of sp³-hybridized carbons (Fsp3) is 0.238. The summed E-state index contributed by atoms with van der Waals surface area (Å²) in [7, 11) is 4.51. The molecule has 1 aliphatic heterocycles. The monoisotopic (exact) mass is 440 g/mol. The summed E-state index contributed by atoms with van der Waals surface area (Å²) in [6, 6.07) is 8.13. The van der Waals surface area contributed by atoms with Crippen LogP contribution in [-0.2, 0) is 4.79 Å². The number of nitrogens with zero attached hydrogens (tertiary/aromatic N) is 3. The number of aromatic amines is 1. The molecule has 0 aliphatic carbocycles. The molecular formula is C21H20N4O7. The quantitative estimate of drug-likeness (QED) is 0.567. The predicted octanol–water partition coefficient (Wildman–Crippen LogP) is 2.25. The number of hydrogen-bond acceptors (Lipinski definition) is 9. The van der Waals surface area contributed by atoms with Gasteiger partial charge in [0.2, 0.25) is 11.7 Å². The van der Waals surface area contributed by atoms with Crippen LogP contribution in [0.15, 0.2) is 40.2 Å². The number of ether oxygens (including phenoxy) is 4. The number of nitrogens with one attached hydrogen (secondary N) is 1. The zero-order chi connectivity index (χ0) is 22.8. The first-order valence-electron chi connectivity index (χ1n) is 9.50. The Labute approximate surface area is 181 Å². The number of rotatable bonds is 7. The van der Waals surface area contributed by atoms with Crippen molar-refractivity contribution in [1.82, 2.24) is 9.97 Å². The largest absolute Gasteiger partial charge is 0.493 e. The van der Waals surface area contributed by atoms with E-state index < -0.39 is 17.4 Å². The van der Waals surface area contributed by atoms with E-state index in [-0.39, 0.29) is 12.5 Å². The van der Waals surface area contributed by atoms with Crippen molar-refractivity contribution in [2.75, 3.05) is 32.9 Å². The first-order valence-corrected chi connectivity index (χ1v) is 9.50. The van der Waals surface area contributed by atoms with Crippen LogP contribution in [0.4, 0.5) is 5.95 Å². The highest BCUT2D eigenvalue weighted by atomic mass is 16.5. The topological polar surface area (TPSA) is 136 Å². The molecule has 4 rings (SSSR count). The van der Waals surface area contributed by atoms with Gasteiger partial charge in [-0.25, -0.2) is 9.99 Å². The Kier molecular flexibility index (Phi) is 5.54. The average Bonchev–Trinajstić information content (AvgIpc) is 3.29. The van der Waals surface area contributed by atoms with Crippen LogP contribution in [0, 0.1) is 5.92 Å². The number of carboxylic acid groups (broad SMARTS) is 1. The molecule has 2 heterocycles. The molecule has 0 bridgehead atoms. The van der Waals surface area contributed by atoms with Gasteiger partial charge in [0.1, 0.15) is 17.4 Å². The van der Waals surface area contributed by atoms with E-state index in [1.54, 1.807) is 30.3 Å². The van der Waals surface area contributed by atoms with E-state index in [0.717, 1.165) is 0 Å². The molecule has 2 N–H and O–H groups in total. The Bertz CT molecular complexity index is 1250. The second-order valence-electron chi connectivity index (χ2n) is 6.82. The maximum absolute atomic E-state index is 12.7. The maximum Gasteiger partial charge on any atom is 0.313 e. The zero-order valence-corrected chi connectivity index (χ0v) is 17.5. The molecule has 32 heavy (non-hydrogen) atoms. The van der Waals surface area contributed by atoms with Crippen molar-refractivity contribution in [1.29, 1.82) is 0 Å². The van der Waals surface area contributed by atoms with Crippen molar-refractivity contribution in [3.05, 3.63) is 40.7 Å². The molecule has 0 amide bonds. The Morgan fingerprint density at radius 2 is 1.81 bits per heavy atom. The molecule has 0 fully saturated rings. The Morgan fingerprint density at radius 3 is 2.41 bits per heavy atom. The highest BCUT2D eigenvalue weighted by Crippen LogP contribution is 2.42. The van der Waals surface area contributed by atoms with Crippen LogP contribution in [0.5, 0.6) is 28.7 Å². The number of aliphatic carboxylic acids is 1. The van der Waals surface area contributed by atoms with E-state index in [2.05, 4.69) is 15.1 Å². The Hall–Kier alpha value is -4.28. The fourth-order valence-corrected chi connectivity index (χ4v) is 3.27.